The van der Waals surface area contributed by atoms with Gasteiger partial charge in [0.1, 0.15) is 0 Å². The zero-order valence-electron chi connectivity index (χ0n) is 75.4. The Labute approximate surface area is 788 Å². The monoisotopic (exact) mass is 1910 g/mol. The van der Waals surface area contributed by atoms with E-state index in [0.29, 0.717) is 144 Å². The van der Waals surface area contributed by atoms with E-state index in [0.717, 1.165) is 208 Å². The number of benzene rings is 4. The maximum Gasteiger partial charge on any atom is 0.410 e. The van der Waals surface area contributed by atoms with Crippen molar-refractivity contribution in [2.24, 2.45) is 11.8 Å². The van der Waals surface area contributed by atoms with Crippen LogP contribution < -0.4 is 22.2 Å². The van der Waals surface area contributed by atoms with E-state index >= 15 is 0 Å². The van der Waals surface area contributed by atoms with Crippen LogP contribution in [0.4, 0.5) is 9.59 Å². The maximum atomic E-state index is 13.7. The molecule has 20 rings (SSSR count). The molecule has 708 valence electrons. The molecular weight excluding hydrogens is 1800 g/mol. The van der Waals surface area contributed by atoms with Gasteiger partial charge in [0.2, 0.25) is 35.6 Å². The first-order valence-electron chi connectivity index (χ1n) is 46.0. The van der Waals surface area contributed by atoms with Gasteiger partial charge < -0.3 is 58.5 Å². The zero-order chi connectivity index (χ0) is 93.4. The van der Waals surface area contributed by atoms with Crippen LogP contribution in [0.5, 0.6) is 0 Å². The Morgan fingerprint density at radius 2 is 0.657 bits per heavy atom. The second kappa shape index (κ2) is 42.1. The molecule has 134 heavy (non-hydrogen) atoms. The molecule has 4 aromatic carbocycles. The Morgan fingerprint density at radius 1 is 0.388 bits per heavy atom. The molecule has 0 atom stereocenters. The number of fused-ring (bicyclic) bond motifs is 4. The van der Waals surface area contributed by atoms with Crippen LogP contribution in [0.1, 0.15) is 186 Å². The third-order valence-electron chi connectivity index (χ3n) is 26.5. The minimum absolute atomic E-state index is 0.0452. The lowest BCUT2D eigenvalue weighted by molar-refractivity contribution is -0.130. The predicted molar refractivity (Wildman–Crippen MR) is 505 cm³/mol. The van der Waals surface area contributed by atoms with Crippen molar-refractivity contribution in [3.63, 3.8) is 0 Å². The number of carbonyl (C=O) groups excluding carboxylic acids is 4. The van der Waals surface area contributed by atoms with Crippen molar-refractivity contribution in [3.8, 4) is 23.8 Å². The fraction of sp³-hybridized carbons (Fsp3) is 0.478. The molecule has 10 aromatic heterocycles. The smallest absolute Gasteiger partial charge is 0.410 e. The molecule has 6 saturated heterocycles. The number of aromatic amines is 8. The molecule has 42 heteroatoms. The normalized spacial score (nSPS) is 16.5. The highest BCUT2D eigenvalue weighted by atomic mass is 35.5. The predicted octanol–water partition coefficient (Wildman–Crippen LogP) is 13.3. The van der Waals surface area contributed by atoms with E-state index in [-0.39, 0.29) is 76.0 Å². The zero-order valence-corrected chi connectivity index (χ0v) is 78.4. The summed E-state index contributed by atoms with van der Waals surface area (Å²) in [5.74, 6) is 3.71. The summed E-state index contributed by atoms with van der Waals surface area (Å²) in [6.07, 6.45) is 20.5. The van der Waals surface area contributed by atoms with Crippen LogP contribution in [0, 0.1) is 11.8 Å². The van der Waals surface area contributed by atoms with Gasteiger partial charge >= 0.3 is 12.2 Å². The van der Waals surface area contributed by atoms with Gasteiger partial charge in [-0.1, -0.05) is 46.4 Å². The highest BCUT2D eigenvalue weighted by Crippen LogP contribution is 2.37. The van der Waals surface area contributed by atoms with Crippen LogP contribution in [0.15, 0.2) is 117 Å². The number of aryl methyl sites for hydroxylation is 2. The number of ether oxygens (including phenoxy) is 4. The molecule has 0 aliphatic carbocycles. The fourth-order valence-electron chi connectivity index (χ4n) is 19.1. The highest BCUT2D eigenvalue weighted by molar-refractivity contribution is 6.32. The summed E-state index contributed by atoms with van der Waals surface area (Å²) in [5.41, 5.74) is 12.3. The number of imidazole rings is 4. The van der Waals surface area contributed by atoms with Crippen LogP contribution in [-0.2, 0) is 67.3 Å². The second-order valence-electron chi connectivity index (χ2n) is 35.4. The van der Waals surface area contributed by atoms with E-state index in [1.807, 2.05) is 47.9 Å². The first-order chi connectivity index (χ1) is 64.9. The number of H-pyrrole nitrogens is 8. The van der Waals surface area contributed by atoms with Crippen molar-refractivity contribution in [2.75, 3.05) is 85.9 Å². The van der Waals surface area contributed by atoms with E-state index in [2.05, 4.69) is 80.7 Å². The molecule has 0 spiro atoms. The summed E-state index contributed by atoms with van der Waals surface area (Å²) in [7, 11) is 1.38. The molecular formula is C92H110Cl4N26O12. The third-order valence-corrected chi connectivity index (χ3v) is 27.5. The standard InChI is InChI=1S/C26H34ClN5O4.C24H30ClN5O3.C21H23ClN8O3.C21H23ClN8O2/c1-16(2)36-26(34)31-11-7-18(8-12-31)23-20(5-3-17-9-13-35-14-10-17)24(33)32(30-23)25-28-21-6-4-19(27)15-22(21)29-25;1-15(31)29-10-6-17(7-11-29)22-19(4-2-16-8-12-33-13-9-16)23(32)30(28-22)24-26-20-5-3-18(25)14-21(20)27-24;1-33-21(32)28-9-4-13(5-10-28)18-15(6-11-29-23-7-8-24-29)19(31)30(27-18)20-25-16-3-2-14(22)12-17(16)26-20;1-13(31)28-9-4-14(5-10-28)19-16(6-11-29-23-7-8-24-29)20(32)30(27-19)21-25-17-3-2-15(22)12-18(17)26-21/h4,6,15-18,30H,3,5,7-14H2,1-2H3,(H,28,29);3,5,14,16-17,28H,2,4,6-13H2,1H3,(H,26,27);2-3,7-8,12-13,27H,4-6,9-11H2,1H3,(H,25,26);2-3,7-8,12,14,27H,4-6,9-11H2,1H3,(H,25,26). The molecule has 0 unspecified atom stereocenters. The quantitative estimate of drug-likeness (QED) is 0.0331. The number of methoxy groups -OCH3 is 1. The number of amides is 4. The van der Waals surface area contributed by atoms with Crippen LogP contribution in [0.2, 0.25) is 20.1 Å². The van der Waals surface area contributed by atoms with Gasteiger partial charge in [-0.3, -0.25) is 49.2 Å². The minimum Gasteiger partial charge on any atom is -0.453 e. The molecule has 0 bridgehead atoms. The molecule has 0 radical (unpaired) electrons. The van der Waals surface area contributed by atoms with E-state index in [4.69, 9.17) is 65.4 Å². The average molecular weight is 1910 g/mol. The Balaban J connectivity index is 0.000000124. The number of piperidine rings is 4. The number of carbonyl (C=O) groups is 4. The first-order valence-corrected chi connectivity index (χ1v) is 47.5. The van der Waals surface area contributed by atoms with Crippen molar-refractivity contribution in [1.82, 2.24) is 129 Å². The molecule has 14 aromatic rings. The van der Waals surface area contributed by atoms with Crippen molar-refractivity contribution in [1.29, 1.82) is 0 Å². The molecule has 6 fully saturated rings. The molecule has 6 aliphatic heterocycles. The molecule has 0 saturated carbocycles. The van der Waals surface area contributed by atoms with Gasteiger partial charge in [0.25, 0.3) is 22.2 Å². The number of hydrogen-bond acceptors (Lipinski definition) is 20. The number of nitrogens with one attached hydrogen (secondary N) is 8. The summed E-state index contributed by atoms with van der Waals surface area (Å²) in [6, 6.07) is 21.6. The largest absolute Gasteiger partial charge is 0.453 e. The lowest BCUT2D eigenvalue weighted by atomic mass is 9.88. The number of aromatic nitrogens is 22. The molecule has 6 aliphatic rings. The van der Waals surface area contributed by atoms with Crippen LogP contribution in [0.25, 0.3) is 67.9 Å². The minimum atomic E-state index is -0.328. The van der Waals surface area contributed by atoms with E-state index < -0.39 is 0 Å². The Morgan fingerprint density at radius 3 is 0.925 bits per heavy atom. The SMILES string of the molecule is CC(=O)N1CCC(c2[nH]n(-c3nc4ccc(Cl)cc4[nH]3)c(=O)c2CCC2CCOCC2)CC1.CC(=O)N1CCC(c2[nH]n(-c3nc4ccc(Cl)cc4[nH]3)c(=O)c2CCn2nccn2)CC1.CC(C)OC(=O)N1CCC(c2[nH]n(-c3nc4ccc(Cl)cc4[nH]3)c(=O)c2CCC2CCOCC2)CC1.COC(=O)N1CCC(c2[nH]n(-c3nc4ccc(Cl)cc4[nH]3)c(=O)c2CCn2nccn2)CC1. The summed E-state index contributed by atoms with van der Waals surface area (Å²) in [4.78, 5) is 143. The number of rotatable bonds is 21. The molecule has 16 heterocycles. The topological polar surface area (TPSA) is 445 Å². The van der Waals surface area contributed by atoms with Crippen molar-refractivity contribution in [2.45, 2.75) is 186 Å². The fourth-order valence-corrected chi connectivity index (χ4v) is 19.8. The second-order valence-corrected chi connectivity index (χ2v) is 37.1. The van der Waals surface area contributed by atoms with Gasteiger partial charge in [-0.15, -0.1) is 0 Å². The molecule has 8 N–H and O–H groups in total. The van der Waals surface area contributed by atoms with Crippen molar-refractivity contribution >= 4 is 115 Å². The van der Waals surface area contributed by atoms with Crippen molar-refractivity contribution < 1.29 is 38.1 Å². The molecule has 38 nitrogen and oxygen atoms in total. The third kappa shape index (κ3) is 21.5. The summed E-state index contributed by atoms with van der Waals surface area (Å²) < 4.78 is 27.2. The Bertz CT molecular complexity index is 6700. The van der Waals surface area contributed by atoms with E-state index in [9.17, 15) is 38.4 Å². The van der Waals surface area contributed by atoms with E-state index in [1.165, 1.54) is 21.2 Å². The lowest BCUT2D eigenvalue weighted by Crippen LogP contribution is -2.39. The Hall–Kier alpha value is -12.4. The number of hydrogen-bond donors (Lipinski definition) is 8. The number of likely N-dealkylation sites (tertiary alicyclic amines) is 4. The summed E-state index contributed by atoms with van der Waals surface area (Å²) in [6.45, 7) is 16.2. The van der Waals surface area contributed by atoms with Gasteiger partial charge in [-0.25, -0.2) is 29.5 Å². The number of halogens is 4. The maximum absolute atomic E-state index is 13.7. The lowest BCUT2D eigenvalue weighted by Gasteiger charge is -2.31. The summed E-state index contributed by atoms with van der Waals surface area (Å²) >= 11 is 24.5. The Kier molecular flexibility index (Phi) is 29.3. The molecule has 4 amide bonds. The van der Waals surface area contributed by atoms with Crippen molar-refractivity contribution in [3.05, 3.63) is 204 Å². The van der Waals surface area contributed by atoms with Gasteiger partial charge in [0.05, 0.1) is 95.2 Å². The van der Waals surface area contributed by atoms with Crippen LogP contribution in [-0.4, -0.2) is 245 Å². The highest BCUT2D eigenvalue weighted by Gasteiger charge is 2.36. The number of nitrogens with zero attached hydrogens (tertiary/aromatic N) is 18. The summed E-state index contributed by atoms with van der Waals surface area (Å²) in [5, 5.41) is 32.4. The average Bonchev–Trinajstić information content (AvgIpc) is 1.63. The van der Waals surface area contributed by atoms with Gasteiger partial charge in [0, 0.05) is 194 Å². The van der Waals surface area contributed by atoms with E-state index in [1.54, 1.807) is 111 Å². The van der Waals surface area contributed by atoms with Gasteiger partial charge in [-0.05, 0) is 201 Å². The van der Waals surface area contributed by atoms with Gasteiger partial charge in [-0.2, -0.15) is 48.7 Å². The van der Waals surface area contributed by atoms with Gasteiger partial charge in [0.15, 0.2) is 0 Å². The van der Waals surface area contributed by atoms with Crippen LogP contribution >= 0.6 is 46.4 Å². The van der Waals surface area contributed by atoms with Crippen LogP contribution in [0.3, 0.4) is 0 Å². The first kappa shape index (κ1) is 93.4.